The number of aromatic nitrogens is 3. The fourth-order valence-corrected chi connectivity index (χ4v) is 1.39. The highest BCUT2D eigenvalue weighted by Crippen LogP contribution is 2.06. The fraction of sp³-hybridized carbons (Fsp3) is 0.182. The van der Waals surface area contributed by atoms with E-state index in [9.17, 15) is 4.79 Å². The smallest absolute Gasteiger partial charge is 0.279 e. The standard InChI is InChI=1S/C11H12N4O/c1-2-8-3-5-9(6-4-8)10(16)15-7-13-11(12)14-15/h3-7H,2H2,1H3,(H2,12,14). The van der Waals surface area contributed by atoms with Crippen molar-refractivity contribution in [2.24, 2.45) is 0 Å². The van der Waals surface area contributed by atoms with Crippen molar-refractivity contribution in [3.05, 3.63) is 41.7 Å². The van der Waals surface area contributed by atoms with E-state index in [4.69, 9.17) is 5.73 Å². The lowest BCUT2D eigenvalue weighted by Crippen LogP contribution is -2.12. The number of carbonyl (C=O) groups is 1. The van der Waals surface area contributed by atoms with Crippen LogP contribution in [0, 0.1) is 0 Å². The Kier molecular flexibility index (Phi) is 2.68. The molecule has 0 bridgehead atoms. The molecule has 2 aromatic rings. The molecule has 1 aromatic heterocycles. The molecule has 0 atom stereocenters. The molecule has 0 unspecified atom stereocenters. The molecular weight excluding hydrogens is 204 g/mol. The van der Waals surface area contributed by atoms with Crippen LogP contribution in [0.25, 0.3) is 0 Å². The van der Waals surface area contributed by atoms with E-state index in [1.165, 1.54) is 11.9 Å². The van der Waals surface area contributed by atoms with Gasteiger partial charge >= 0.3 is 0 Å². The second-order valence-corrected chi connectivity index (χ2v) is 3.40. The van der Waals surface area contributed by atoms with Crippen LogP contribution in [-0.4, -0.2) is 20.7 Å². The van der Waals surface area contributed by atoms with Gasteiger partial charge in [0.25, 0.3) is 5.91 Å². The van der Waals surface area contributed by atoms with E-state index >= 15 is 0 Å². The summed E-state index contributed by atoms with van der Waals surface area (Å²) in [6.45, 7) is 2.06. The average molecular weight is 216 g/mol. The van der Waals surface area contributed by atoms with Crippen LogP contribution < -0.4 is 5.73 Å². The minimum absolute atomic E-state index is 0.0959. The van der Waals surface area contributed by atoms with Crippen LogP contribution in [0.1, 0.15) is 22.8 Å². The zero-order valence-electron chi connectivity index (χ0n) is 8.92. The van der Waals surface area contributed by atoms with E-state index in [1.54, 1.807) is 12.1 Å². The number of hydrogen-bond donors (Lipinski definition) is 1. The van der Waals surface area contributed by atoms with Gasteiger partial charge in [0, 0.05) is 5.56 Å². The second-order valence-electron chi connectivity index (χ2n) is 3.40. The summed E-state index contributed by atoms with van der Waals surface area (Å²) < 4.78 is 1.14. The third-order valence-electron chi connectivity index (χ3n) is 2.33. The number of benzene rings is 1. The SMILES string of the molecule is CCc1ccc(C(=O)n2cnc(N)n2)cc1. The number of nitrogen functional groups attached to an aromatic ring is 1. The Morgan fingerprint density at radius 2 is 2.06 bits per heavy atom. The zero-order chi connectivity index (χ0) is 11.5. The first kappa shape index (κ1) is 10.4. The van der Waals surface area contributed by atoms with E-state index in [-0.39, 0.29) is 11.9 Å². The molecule has 0 aliphatic carbocycles. The van der Waals surface area contributed by atoms with Crippen LogP contribution in [0.5, 0.6) is 0 Å². The lowest BCUT2D eigenvalue weighted by Gasteiger charge is -2.01. The monoisotopic (exact) mass is 216 g/mol. The van der Waals surface area contributed by atoms with Crippen molar-refractivity contribution >= 4 is 11.9 Å². The van der Waals surface area contributed by atoms with Crippen molar-refractivity contribution in [3.8, 4) is 0 Å². The number of hydrogen-bond acceptors (Lipinski definition) is 4. The van der Waals surface area contributed by atoms with Gasteiger partial charge in [-0.15, -0.1) is 5.10 Å². The Bertz CT molecular complexity index is 501. The van der Waals surface area contributed by atoms with Gasteiger partial charge in [-0.05, 0) is 24.1 Å². The molecule has 5 heteroatoms. The first-order valence-electron chi connectivity index (χ1n) is 5.01. The van der Waals surface area contributed by atoms with Crippen molar-refractivity contribution in [1.82, 2.24) is 14.8 Å². The first-order valence-corrected chi connectivity index (χ1v) is 5.01. The number of anilines is 1. The molecule has 0 amide bonds. The summed E-state index contributed by atoms with van der Waals surface area (Å²) in [7, 11) is 0. The summed E-state index contributed by atoms with van der Waals surface area (Å²) in [5.74, 6) is -0.134. The molecule has 0 saturated carbocycles. The lowest BCUT2D eigenvalue weighted by atomic mass is 10.1. The molecule has 2 N–H and O–H groups in total. The summed E-state index contributed by atoms with van der Waals surface area (Å²) >= 11 is 0. The topological polar surface area (TPSA) is 73.8 Å². The van der Waals surface area contributed by atoms with Crippen LogP contribution in [0.2, 0.25) is 0 Å². The Balaban J connectivity index is 2.27. The normalized spacial score (nSPS) is 10.3. The van der Waals surface area contributed by atoms with Crippen molar-refractivity contribution < 1.29 is 4.79 Å². The molecule has 0 aliphatic heterocycles. The number of rotatable bonds is 2. The Morgan fingerprint density at radius 3 is 2.56 bits per heavy atom. The van der Waals surface area contributed by atoms with Crippen LogP contribution in [0.3, 0.4) is 0 Å². The molecule has 0 radical (unpaired) electrons. The summed E-state index contributed by atoms with van der Waals surface area (Å²) in [5.41, 5.74) is 7.11. The van der Waals surface area contributed by atoms with E-state index in [1.807, 2.05) is 12.1 Å². The van der Waals surface area contributed by atoms with Crippen molar-refractivity contribution in [3.63, 3.8) is 0 Å². The Labute approximate surface area is 92.9 Å². The molecule has 1 aromatic carbocycles. The largest absolute Gasteiger partial charge is 0.366 e. The molecular formula is C11H12N4O. The van der Waals surface area contributed by atoms with Gasteiger partial charge in [-0.1, -0.05) is 19.1 Å². The third kappa shape index (κ3) is 1.93. The predicted molar refractivity (Wildman–Crippen MR) is 60.0 cm³/mol. The predicted octanol–water partition coefficient (Wildman–Crippen LogP) is 1.11. The summed E-state index contributed by atoms with van der Waals surface area (Å²) in [6.07, 6.45) is 2.26. The summed E-state index contributed by atoms with van der Waals surface area (Å²) in [6, 6.07) is 7.40. The van der Waals surface area contributed by atoms with E-state index in [2.05, 4.69) is 17.0 Å². The highest BCUT2D eigenvalue weighted by atomic mass is 16.2. The lowest BCUT2D eigenvalue weighted by molar-refractivity contribution is 0.0945. The fourth-order valence-electron chi connectivity index (χ4n) is 1.39. The van der Waals surface area contributed by atoms with Gasteiger partial charge in [0.2, 0.25) is 5.95 Å². The van der Waals surface area contributed by atoms with Crippen molar-refractivity contribution in [2.45, 2.75) is 13.3 Å². The number of carbonyl (C=O) groups excluding carboxylic acids is 1. The number of nitrogens with zero attached hydrogens (tertiary/aromatic N) is 3. The van der Waals surface area contributed by atoms with Gasteiger partial charge in [0.1, 0.15) is 6.33 Å². The number of aryl methyl sites for hydroxylation is 1. The maximum Gasteiger partial charge on any atom is 0.279 e. The quantitative estimate of drug-likeness (QED) is 0.816. The maximum atomic E-state index is 11.9. The van der Waals surface area contributed by atoms with Gasteiger partial charge in [-0.25, -0.2) is 4.98 Å². The van der Waals surface area contributed by atoms with E-state index in [0.29, 0.717) is 5.56 Å². The summed E-state index contributed by atoms with van der Waals surface area (Å²) in [5, 5.41) is 3.76. The van der Waals surface area contributed by atoms with Gasteiger partial charge in [-0.2, -0.15) is 4.68 Å². The van der Waals surface area contributed by atoms with Gasteiger partial charge in [0.15, 0.2) is 0 Å². The maximum absolute atomic E-state index is 11.9. The molecule has 0 saturated heterocycles. The molecule has 2 rings (SSSR count). The van der Waals surface area contributed by atoms with Gasteiger partial charge < -0.3 is 5.73 Å². The van der Waals surface area contributed by atoms with Crippen molar-refractivity contribution in [1.29, 1.82) is 0 Å². The van der Waals surface area contributed by atoms with Crippen LogP contribution in [-0.2, 0) is 6.42 Å². The minimum atomic E-state index is -0.230. The van der Waals surface area contributed by atoms with Crippen LogP contribution >= 0.6 is 0 Å². The van der Waals surface area contributed by atoms with Crippen molar-refractivity contribution in [2.75, 3.05) is 5.73 Å². The Hall–Kier alpha value is -2.17. The number of nitrogens with two attached hydrogens (primary N) is 1. The molecule has 1 heterocycles. The molecule has 0 spiro atoms. The van der Waals surface area contributed by atoms with Crippen LogP contribution in [0.15, 0.2) is 30.6 Å². The second kappa shape index (κ2) is 4.14. The molecule has 5 nitrogen and oxygen atoms in total. The highest BCUT2D eigenvalue weighted by molar-refractivity contribution is 5.95. The summed E-state index contributed by atoms with van der Waals surface area (Å²) in [4.78, 5) is 15.6. The zero-order valence-corrected chi connectivity index (χ0v) is 8.92. The van der Waals surface area contributed by atoms with Crippen LogP contribution in [0.4, 0.5) is 5.95 Å². The third-order valence-corrected chi connectivity index (χ3v) is 2.33. The molecule has 0 aliphatic rings. The molecule has 16 heavy (non-hydrogen) atoms. The first-order chi connectivity index (χ1) is 7.70. The Morgan fingerprint density at radius 1 is 1.38 bits per heavy atom. The minimum Gasteiger partial charge on any atom is -0.366 e. The van der Waals surface area contributed by atoms with E-state index < -0.39 is 0 Å². The van der Waals surface area contributed by atoms with E-state index in [0.717, 1.165) is 11.1 Å². The highest BCUT2D eigenvalue weighted by Gasteiger charge is 2.09. The molecule has 0 fully saturated rings. The van der Waals surface area contributed by atoms with Gasteiger partial charge in [0.05, 0.1) is 0 Å². The molecule has 82 valence electrons. The van der Waals surface area contributed by atoms with Gasteiger partial charge in [-0.3, -0.25) is 4.79 Å². The average Bonchev–Trinajstić information content (AvgIpc) is 2.75.